The van der Waals surface area contributed by atoms with Gasteiger partial charge in [0.05, 0.1) is 15.0 Å². The van der Waals surface area contributed by atoms with Crippen molar-refractivity contribution in [2.75, 3.05) is 13.1 Å². The van der Waals surface area contributed by atoms with Gasteiger partial charge in [-0.1, -0.05) is 11.6 Å². The normalized spacial score (nSPS) is 18.6. The molecule has 1 aliphatic rings. The molecule has 1 aliphatic heterocycles. The molecule has 1 amide bonds. The van der Waals surface area contributed by atoms with Crippen molar-refractivity contribution in [2.24, 2.45) is 0 Å². The first-order valence-electron chi connectivity index (χ1n) is 7.84. The largest absolute Gasteiger partial charge is 0.354 e. The third-order valence-electron chi connectivity index (χ3n) is 3.96. The van der Waals surface area contributed by atoms with Crippen LogP contribution in [-0.4, -0.2) is 42.7 Å². The average Bonchev–Trinajstić information content (AvgIpc) is 3.27. The van der Waals surface area contributed by atoms with Crippen LogP contribution < -0.4 is 5.32 Å². The number of carbonyl (C=O) groups is 1. The van der Waals surface area contributed by atoms with Gasteiger partial charge in [0.25, 0.3) is 10.0 Å². The molecule has 136 valence electrons. The van der Waals surface area contributed by atoms with E-state index < -0.39 is 16.1 Å². The van der Waals surface area contributed by atoms with Crippen LogP contribution in [0.15, 0.2) is 21.7 Å². The molecule has 25 heavy (non-hydrogen) atoms. The molecular formula is C15H18ClN3O3S3. The Morgan fingerprint density at radius 1 is 1.48 bits per heavy atom. The van der Waals surface area contributed by atoms with Crippen LogP contribution in [0, 0.1) is 6.92 Å². The monoisotopic (exact) mass is 419 g/mol. The lowest BCUT2D eigenvalue weighted by molar-refractivity contribution is -0.124. The molecule has 2 aromatic rings. The standard InChI is InChI=1S/C15H18ClN3O3S3/c1-10-18-11(9-23-10)6-7-17-15(20)12-3-2-8-19(12)25(21,22)14-5-4-13(16)24-14/h4-5,9,12H,2-3,6-8H2,1H3,(H,17,20)/t12-/m1/s1. The number of thiophene rings is 1. The van der Waals surface area contributed by atoms with Gasteiger partial charge < -0.3 is 5.32 Å². The van der Waals surface area contributed by atoms with Gasteiger partial charge in [0, 0.05) is 24.9 Å². The highest BCUT2D eigenvalue weighted by molar-refractivity contribution is 7.91. The highest BCUT2D eigenvalue weighted by Gasteiger charge is 2.39. The smallest absolute Gasteiger partial charge is 0.253 e. The molecule has 0 saturated carbocycles. The second-order valence-corrected chi connectivity index (χ2v) is 10.6. The molecule has 0 spiro atoms. The van der Waals surface area contributed by atoms with E-state index in [1.54, 1.807) is 17.4 Å². The van der Waals surface area contributed by atoms with Crippen molar-refractivity contribution in [1.29, 1.82) is 0 Å². The van der Waals surface area contributed by atoms with Gasteiger partial charge in [-0.05, 0) is 31.9 Å². The summed E-state index contributed by atoms with van der Waals surface area (Å²) in [6, 6.07) is 2.38. The van der Waals surface area contributed by atoms with Crippen LogP contribution in [0.25, 0.3) is 0 Å². The summed E-state index contributed by atoms with van der Waals surface area (Å²) in [6.45, 7) is 2.73. The second-order valence-electron chi connectivity index (χ2n) is 5.73. The number of hydrogen-bond acceptors (Lipinski definition) is 6. The number of hydrogen-bond donors (Lipinski definition) is 1. The van der Waals surface area contributed by atoms with Crippen molar-refractivity contribution in [2.45, 2.75) is 36.4 Å². The predicted octanol–water partition coefficient (Wildman–Crippen LogP) is 2.68. The van der Waals surface area contributed by atoms with Gasteiger partial charge in [-0.15, -0.1) is 22.7 Å². The minimum absolute atomic E-state index is 0.176. The van der Waals surface area contributed by atoms with Crippen LogP contribution in [0.5, 0.6) is 0 Å². The number of carbonyl (C=O) groups excluding carboxylic acids is 1. The van der Waals surface area contributed by atoms with Crippen LogP contribution in [0.1, 0.15) is 23.5 Å². The van der Waals surface area contributed by atoms with Crippen LogP contribution >= 0.6 is 34.3 Å². The fourth-order valence-corrected chi connectivity index (χ4v) is 6.71. The summed E-state index contributed by atoms with van der Waals surface area (Å²) in [5, 5.41) is 5.79. The van der Waals surface area contributed by atoms with Crippen molar-refractivity contribution in [3.05, 3.63) is 32.6 Å². The van der Waals surface area contributed by atoms with E-state index >= 15 is 0 Å². The number of sulfonamides is 1. The van der Waals surface area contributed by atoms with Gasteiger partial charge in [0.2, 0.25) is 5.91 Å². The maximum absolute atomic E-state index is 12.7. The zero-order chi connectivity index (χ0) is 18.0. The van der Waals surface area contributed by atoms with E-state index in [4.69, 9.17) is 11.6 Å². The SMILES string of the molecule is Cc1nc(CCNC(=O)[C@H]2CCCN2S(=O)(=O)c2ccc(Cl)s2)cs1. The zero-order valence-electron chi connectivity index (χ0n) is 13.6. The summed E-state index contributed by atoms with van der Waals surface area (Å²) in [4.78, 5) is 16.8. The Kier molecular flexibility index (Phi) is 5.79. The van der Waals surface area contributed by atoms with Crippen molar-refractivity contribution >= 4 is 50.2 Å². The van der Waals surface area contributed by atoms with Gasteiger partial charge in [0.15, 0.2) is 0 Å². The molecule has 3 heterocycles. The van der Waals surface area contributed by atoms with Gasteiger partial charge in [0.1, 0.15) is 10.3 Å². The Bertz CT molecular complexity index is 862. The van der Waals surface area contributed by atoms with Crippen LogP contribution in [-0.2, 0) is 21.2 Å². The summed E-state index contributed by atoms with van der Waals surface area (Å²) < 4.78 is 27.4. The van der Waals surface area contributed by atoms with E-state index in [9.17, 15) is 13.2 Å². The van der Waals surface area contributed by atoms with Crippen molar-refractivity contribution in [3.63, 3.8) is 0 Å². The van der Waals surface area contributed by atoms with E-state index in [0.717, 1.165) is 22.0 Å². The number of rotatable bonds is 6. The second kappa shape index (κ2) is 7.71. The Hall–Kier alpha value is -1.000. The molecule has 0 radical (unpaired) electrons. The molecule has 1 N–H and O–H groups in total. The van der Waals surface area contributed by atoms with Gasteiger partial charge in [-0.3, -0.25) is 4.79 Å². The first kappa shape index (κ1) is 18.8. The highest BCUT2D eigenvalue weighted by Crippen LogP contribution is 2.32. The lowest BCUT2D eigenvalue weighted by Gasteiger charge is -2.22. The first-order valence-corrected chi connectivity index (χ1v) is 11.4. The summed E-state index contributed by atoms with van der Waals surface area (Å²) in [5.41, 5.74) is 0.937. The van der Waals surface area contributed by atoms with E-state index in [-0.39, 0.29) is 10.1 Å². The highest BCUT2D eigenvalue weighted by atomic mass is 35.5. The number of amides is 1. The number of nitrogens with zero attached hydrogens (tertiary/aromatic N) is 2. The maximum atomic E-state index is 12.7. The van der Waals surface area contributed by atoms with Crippen LogP contribution in [0.3, 0.4) is 0 Å². The summed E-state index contributed by atoms with van der Waals surface area (Å²) in [7, 11) is -3.69. The van der Waals surface area contributed by atoms with Crippen molar-refractivity contribution in [3.8, 4) is 0 Å². The molecule has 1 atom stereocenters. The van der Waals surface area contributed by atoms with E-state index in [1.165, 1.54) is 10.4 Å². The van der Waals surface area contributed by atoms with Crippen LogP contribution in [0.2, 0.25) is 4.34 Å². The molecule has 0 aromatic carbocycles. The molecular weight excluding hydrogens is 402 g/mol. The van der Waals surface area contributed by atoms with Crippen LogP contribution in [0.4, 0.5) is 0 Å². The molecule has 0 unspecified atom stereocenters. The Labute approximate surface area is 159 Å². The summed E-state index contributed by atoms with van der Waals surface area (Å²) in [5.74, 6) is -0.254. The van der Waals surface area contributed by atoms with Crippen molar-refractivity contribution < 1.29 is 13.2 Å². The minimum Gasteiger partial charge on any atom is -0.354 e. The Morgan fingerprint density at radius 3 is 2.92 bits per heavy atom. The molecule has 2 aromatic heterocycles. The molecule has 1 fully saturated rings. The van der Waals surface area contributed by atoms with E-state index in [0.29, 0.717) is 36.7 Å². The third kappa shape index (κ3) is 4.22. The molecule has 6 nitrogen and oxygen atoms in total. The quantitative estimate of drug-likeness (QED) is 0.780. The topological polar surface area (TPSA) is 79.4 Å². The lowest BCUT2D eigenvalue weighted by Crippen LogP contribution is -2.46. The molecule has 0 bridgehead atoms. The first-order chi connectivity index (χ1) is 11.9. The molecule has 3 rings (SSSR count). The van der Waals surface area contributed by atoms with Crippen molar-refractivity contribution in [1.82, 2.24) is 14.6 Å². The fourth-order valence-electron chi connectivity index (χ4n) is 2.80. The van der Waals surface area contributed by atoms with Gasteiger partial charge in [-0.2, -0.15) is 4.31 Å². The third-order valence-corrected chi connectivity index (χ3v) is 8.39. The van der Waals surface area contributed by atoms with E-state index in [1.807, 2.05) is 12.3 Å². The predicted molar refractivity (Wildman–Crippen MR) is 99.8 cm³/mol. The average molecular weight is 420 g/mol. The lowest BCUT2D eigenvalue weighted by atomic mass is 10.2. The molecule has 1 saturated heterocycles. The fraction of sp³-hybridized carbons (Fsp3) is 0.467. The molecule has 0 aliphatic carbocycles. The maximum Gasteiger partial charge on any atom is 0.253 e. The summed E-state index contributed by atoms with van der Waals surface area (Å²) in [6.07, 6.45) is 1.83. The summed E-state index contributed by atoms with van der Waals surface area (Å²) >= 11 is 8.43. The number of halogens is 1. The number of nitrogens with one attached hydrogen (secondary N) is 1. The Balaban J connectivity index is 1.63. The van der Waals surface area contributed by atoms with Gasteiger partial charge >= 0.3 is 0 Å². The Morgan fingerprint density at radius 2 is 2.28 bits per heavy atom. The van der Waals surface area contributed by atoms with Gasteiger partial charge in [-0.25, -0.2) is 13.4 Å². The van der Waals surface area contributed by atoms with E-state index in [2.05, 4.69) is 10.3 Å². The minimum atomic E-state index is -3.69. The number of thiazole rings is 1. The number of aromatic nitrogens is 1. The number of aryl methyl sites for hydroxylation is 1. The zero-order valence-corrected chi connectivity index (χ0v) is 16.8. The molecule has 10 heteroatoms.